The Labute approximate surface area is 106 Å². The van der Waals surface area contributed by atoms with Crippen LogP contribution in [0.1, 0.15) is 59.8 Å². The van der Waals surface area contributed by atoms with Gasteiger partial charge in [0.25, 0.3) is 0 Å². The second-order valence-electron chi connectivity index (χ2n) is 6.47. The lowest BCUT2D eigenvalue weighted by molar-refractivity contribution is 0.269. The minimum atomic E-state index is 0.300. The average molecular weight is 239 g/mol. The molecular formula is C14H29N3. The van der Waals surface area contributed by atoms with Crippen LogP contribution < -0.4 is 11.1 Å². The van der Waals surface area contributed by atoms with Crippen molar-refractivity contribution in [3.05, 3.63) is 0 Å². The van der Waals surface area contributed by atoms with Gasteiger partial charge in [-0.25, -0.2) is 0 Å². The molecule has 0 amide bonds. The molecule has 1 unspecified atom stereocenters. The van der Waals surface area contributed by atoms with Gasteiger partial charge in [0.15, 0.2) is 5.96 Å². The molecule has 0 radical (unpaired) electrons. The molecule has 1 atom stereocenters. The maximum Gasteiger partial charge on any atom is 0.188 e. The van der Waals surface area contributed by atoms with Crippen molar-refractivity contribution < 1.29 is 0 Å². The molecule has 1 rings (SSSR count). The third kappa shape index (κ3) is 5.42. The summed E-state index contributed by atoms with van der Waals surface area (Å²) in [6.45, 7) is 9.79. The molecule has 0 heterocycles. The zero-order valence-electron chi connectivity index (χ0n) is 11.9. The Balaban J connectivity index is 2.33. The molecule has 17 heavy (non-hydrogen) atoms. The van der Waals surface area contributed by atoms with Crippen LogP contribution in [0.5, 0.6) is 0 Å². The number of rotatable bonds is 3. The van der Waals surface area contributed by atoms with Crippen LogP contribution in [0, 0.1) is 11.3 Å². The van der Waals surface area contributed by atoms with E-state index in [4.69, 9.17) is 5.73 Å². The first-order valence-electron chi connectivity index (χ1n) is 6.96. The third-order valence-electron chi connectivity index (χ3n) is 3.97. The molecule has 0 aromatic rings. The van der Waals surface area contributed by atoms with Crippen molar-refractivity contribution in [3.63, 3.8) is 0 Å². The van der Waals surface area contributed by atoms with Gasteiger partial charge in [-0.05, 0) is 24.2 Å². The van der Waals surface area contributed by atoms with E-state index in [2.05, 4.69) is 38.0 Å². The van der Waals surface area contributed by atoms with E-state index >= 15 is 0 Å². The van der Waals surface area contributed by atoms with Crippen LogP contribution in [0.3, 0.4) is 0 Å². The highest BCUT2D eigenvalue weighted by molar-refractivity contribution is 5.78. The highest BCUT2D eigenvalue weighted by atomic mass is 15.1. The summed E-state index contributed by atoms with van der Waals surface area (Å²) in [4.78, 5) is 4.47. The summed E-state index contributed by atoms with van der Waals surface area (Å²) in [7, 11) is 0. The van der Waals surface area contributed by atoms with Crippen LogP contribution in [-0.4, -0.2) is 18.5 Å². The summed E-state index contributed by atoms with van der Waals surface area (Å²) in [5.41, 5.74) is 6.24. The minimum Gasteiger partial charge on any atom is -0.370 e. The van der Waals surface area contributed by atoms with Gasteiger partial charge < -0.3 is 11.1 Å². The Hall–Kier alpha value is -0.730. The molecule has 0 aliphatic heterocycles. The maximum atomic E-state index is 5.93. The van der Waals surface area contributed by atoms with Gasteiger partial charge in [0.1, 0.15) is 0 Å². The first kappa shape index (κ1) is 14.3. The van der Waals surface area contributed by atoms with Gasteiger partial charge in [-0.15, -0.1) is 0 Å². The number of hydrogen-bond acceptors (Lipinski definition) is 1. The summed E-state index contributed by atoms with van der Waals surface area (Å²) < 4.78 is 0. The zero-order valence-corrected chi connectivity index (χ0v) is 11.9. The van der Waals surface area contributed by atoms with E-state index in [1.807, 2.05) is 0 Å². The quantitative estimate of drug-likeness (QED) is 0.588. The smallest absolute Gasteiger partial charge is 0.188 e. The number of guanidine groups is 1. The predicted molar refractivity (Wildman–Crippen MR) is 75.1 cm³/mol. The molecule has 0 saturated heterocycles. The fourth-order valence-corrected chi connectivity index (χ4v) is 2.01. The molecule has 3 N–H and O–H groups in total. The average Bonchev–Trinajstić information content (AvgIpc) is 2.26. The number of nitrogens with zero attached hydrogens (tertiary/aromatic N) is 1. The van der Waals surface area contributed by atoms with Crippen LogP contribution in [0.2, 0.25) is 0 Å². The molecule has 1 saturated carbocycles. The Morgan fingerprint density at radius 2 is 1.88 bits per heavy atom. The lowest BCUT2D eigenvalue weighted by Crippen LogP contribution is -2.41. The molecule has 1 fully saturated rings. The molecule has 0 aromatic heterocycles. The van der Waals surface area contributed by atoms with Crippen molar-refractivity contribution in [3.8, 4) is 0 Å². The van der Waals surface area contributed by atoms with Crippen LogP contribution in [0.25, 0.3) is 0 Å². The SMILES string of the molecule is CC(CN=C(N)NC1CCCCC1)C(C)(C)C. The van der Waals surface area contributed by atoms with Crippen molar-refractivity contribution in [2.24, 2.45) is 22.1 Å². The van der Waals surface area contributed by atoms with E-state index in [9.17, 15) is 0 Å². The van der Waals surface area contributed by atoms with E-state index < -0.39 is 0 Å². The van der Waals surface area contributed by atoms with Crippen molar-refractivity contribution in [2.45, 2.75) is 65.8 Å². The molecule has 1 aliphatic carbocycles. The third-order valence-corrected chi connectivity index (χ3v) is 3.97. The van der Waals surface area contributed by atoms with Gasteiger partial charge in [-0.1, -0.05) is 47.0 Å². The Bertz CT molecular complexity index is 247. The highest BCUT2D eigenvalue weighted by Crippen LogP contribution is 2.25. The van der Waals surface area contributed by atoms with Gasteiger partial charge >= 0.3 is 0 Å². The lowest BCUT2D eigenvalue weighted by Gasteiger charge is -2.26. The fourth-order valence-electron chi connectivity index (χ4n) is 2.01. The number of hydrogen-bond donors (Lipinski definition) is 2. The second kappa shape index (κ2) is 6.27. The van der Waals surface area contributed by atoms with Crippen molar-refractivity contribution in [1.82, 2.24) is 5.32 Å². The van der Waals surface area contributed by atoms with Crippen LogP contribution in [-0.2, 0) is 0 Å². The second-order valence-corrected chi connectivity index (χ2v) is 6.47. The zero-order chi connectivity index (χ0) is 12.9. The van der Waals surface area contributed by atoms with E-state index in [-0.39, 0.29) is 0 Å². The minimum absolute atomic E-state index is 0.300. The fraction of sp³-hybridized carbons (Fsp3) is 0.929. The molecule has 0 aromatic carbocycles. The molecule has 1 aliphatic rings. The number of nitrogens with one attached hydrogen (secondary N) is 1. The van der Waals surface area contributed by atoms with Crippen LogP contribution >= 0.6 is 0 Å². The normalized spacial score (nSPS) is 21.3. The molecule has 100 valence electrons. The summed E-state index contributed by atoms with van der Waals surface area (Å²) in [5, 5.41) is 3.35. The largest absolute Gasteiger partial charge is 0.370 e. The van der Waals surface area contributed by atoms with E-state index in [0.717, 1.165) is 6.54 Å². The summed E-state index contributed by atoms with van der Waals surface area (Å²) in [6.07, 6.45) is 6.50. The summed E-state index contributed by atoms with van der Waals surface area (Å²) >= 11 is 0. The molecule has 3 nitrogen and oxygen atoms in total. The van der Waals surface area contributed by atoms with Gasteiger partial charge in [0.05, 0.1) is 0 Å². The van der Waals surface area contributed by atoms with E-state index in [0.29, 0.717) is 23.3 Å². The van der Waals surface area contributed by atoms with Crippen LogP contribution in [0.15, 0.2) is 4.99 Å². The first-order chi connectivity index (χ1) is 7.89. The highest BCUT2D eigenvalue weighted by Gasteiger charge is 2.19. The predicted octanol–water partition coefficient (Wildman–Crippen LogP) is 2.91. The Morgan fingerprint density at radius 1 is 1.29 bits per heavy atom. The summed E-state index contributed by atoms with van der Waals surface area (Å²) in [5.74, 6) is 1.18. The van der Waals surface area contributed by atoms with Gasteiger partial charge in [-0.2, -0.15) is 0 Å². The van der Waals surface area contributed by atoms with Crippen LogP contribution in [0.4, 0.5) is 0 Å². The molecule has 0 bridgehead atoms. The van der Waals surface area contributed by atoms with Crippen molar-refractivity contribution in [2.75, 3.05) is 6.54 Å². The molecule has 3 heteroatoms. The summed E-state index contributed by atoms with van der Waals surface area (Å²) in [6, 6.07) is 0.553. The van der Waals surface area contributed by atoms with E-state index in [1.54, 1.807) is 0 Å². The topological polar surface area (TPSA) is 50.4 Å². The van der Waals surface area contributed by atoms with Gasteiger partial charge in [-0.3, -0.25) is 4.99 Å². The van der Waals surface area contributed by atoms with E-state index in [1.165, 1.54) is 32.1 Å². The van der Waals surface area contributed by atoms with Crippen molar-refractivity contribution in [1.29, 1.82) is 0 Å². The van der Waals surface area contributed by atoms with Gasteiger partial charge in [0.2, 0.25) is 0 Å². The molecular weight excluding hydrogens is 210 g/mol. The monoisotopic (exact) mass is 239 g/mol. The standard InChI is InChI=1S/C14H29N3/c1-11(14(2,3)4)10-16-13(15)17-12-8-6-5-7-9-12/h11-12H,5-10H2,1-4H3,(H3,15,16,17). The lowest BCUT2D eigenvalue weighted by atomic mass is 9.82. The number of nitrogens with two attached hydrogens (primary N) is 1. The van der Waals surface area contributed by atoms with Gasteiger partial charge in [0, 0.05) is 12.6 Å². The maximum absolute atomic E-state index is 5.93. The first-order valence-corrected chi connectivity index (χ1v) is 6.96. The Kier molecular flexibility index (Phi) is 5.29. The van der Waals surface area contributed by atoms with Crippen molar-refractivity contribution >= 4 is 5.96 Å². The Morgan fingerprint density at radius 3 is 2.41 bits per heavy atom. The molecule has 0 spiro atoms. The number of aliphatic imine (C=N–C) groups is 1.